The Morgan fingerprint density at radius 2 is 1.90 bits per heavy atom. The van der Waals surface area contributed by atoms with E-state index in [-0.39, 0.29) is 5.91 Å². The lowest BCUT2D eigenvalue weighted by atomic mass is 10.2. The zero-order chi connectivity index (χ0) is 22.2. The molecule has 1 fully saturated rings. The maximum atomic E-state index is 12.4. The third kappa shape index (κ3) is 6.21. The Kier molecular flexibility index (Phi) is 7.88. The van der Waals surface area contributed by atoms with E-state index in [4.69, 9.17) is 14.6 Å². The van der Waals surface area contributed by atoms with Crippen LogP contribution < -0.4 is 19.8 Å². The highest BCUT2D eigenvalue weighted by Gasteiger charge is 2.14. The summed E-state index contributed by atoms with van der Waals surface area (Å²) in [6.07, 6.45) is 3.88. The quantitative estimate of drug-likeness (QED) is 0.411. The maximum Gasteiger partial charge on any atom is 0.341 e. The van der Waals surface area contributed by atoms with Gasteiger partial charge in [0.25, 0.3) is 5.91 Å². The highest BCUT2D eigenvalue weighted by Crippen LogP contribution is 2.36. The molecule has 2 aromatic carbocycles. The minimum atomic E-state index is -1.09. The maximum absolute atomic E-state index is 12.4. The van der Waals surface area contributed by atoms with Crippen LogP contribution in [0.15, 0.2) is 46.0 Å². The van der Waals surface area contributed by atoms with E-state index in [0.29, 0.717) is 33.7 Å². The number of carboxylic acids is 1. The monoisotopic (exact) mass is 489 g/mol. The van der Waals surface area contributed by atoms with Crippen molar-refractivity contribution in [3.05, 3.63) is 52.0 Å². The number of nitrogens with zero attached hydrogens (tertiary/aromatic N) is 2. The minimum absolute atomic E-state index is 0.295. The molecule has 0 atom stereocenters. The van der Waals surface area contributed by atoms with Gasteiger partial charge >= 0.3 is 5.97 Å². The lowest BCUT2D eigenvalue weighted by molar-refractivity contribution is -0.139. The molecule has 8 nitrogen and oxygen atoms in total. The molecule has 0 radical (unpaired) electrons. The molecule has 31 heavy (non-hydrogen) atoms. The predicted octanol–water partition coefficient (Wildman–Crippen LogP) is 3.68. The number of benzene rings is 2. The molecule has 0 spiro atoms. The topological polar surface area (TPSA) is 100 Å². The number of halogens is 1. The van der Waals surface area contributed by atoms with E-state index in [1.165, 1.54) is 19.1 Å². The second-order valence-electron chi connectivity index (χ2n) is 6.89. The van der Waals surface area contributed by atoms with Gasteiger partial charge in [0.05, 0.1) is 17.3 Å². The second kappa shape index (κ2) is 10.8. The van der Waals surface area contributed by atoms with E-state index >= 15 is 0 Å². The minimum Gasteiger partial charge on any atom is -0.490 e. The first-order valence-corrected chi connectivity index (χ1v) is 10.8. The number of carboxylic acid groups (broad SMARTS) is 1. The number of aliphatic carboxylic acids is 1. The summed E-state index contributed by atoms with van der Waals surface area (Å²) in [6, 6.07) is 10.8. The molecule has 1 saturated heterocycles. The molecular formula is C22H24BrN3O5. The van der Waals surface area contributed by atoms with Crippen LogP contribution in [0.4, 0.5) is 5.69 Å². The number of hydrazone groups is 1. The highest BCUT2D eigenvalue weighted by molar-refractivity contribution is 9.10. The first-order chi connectivity index (χ1) is 15.0. The van der Waals surface area contributed by atoms with Crippen molar-refractivity contribution in [2.45, 2.75) is 19.8 Å². The average molecular weight is 490 g/mol. The van der Waals surface area contributed by atoms with Gasteiger partial charge in [0, 0.05) is 24.3 Å². The van der Waals surface area contributed by atoms with E-state index in [1.54, 1.807) is 24.3 Å². The number of nitrogens with one attached hydrogen (secondary N) is 1. The third-order valence-corrected chi connectivity index (χ3v) is 5.24. The van der Waals surface area contributed by atoms with Crippen LogP contribution in [0.25, 0.3) is 0 Å². The lowest BCUT2D eigenvalue weighted by Crippen LogP contribution is -2.19. The number of carbonyl (C=O) groups excluding carboxylic acids is 1. The van der Waals surface area contributed by atoms with Crippen molar-refractivity contribution in [1.29, 1.82) is 0 Å². The fourth-order valence-electron chi connectivity index (χ4n) is 3.23. The summed E-state index contributed by atoms with van der Waals surface area (Å²) in [6.45, 7) is 3.80. The summed E-state index contributed by atoms with van der Waals surface area (Å²) in [4.78, 5) is 25.4. The average Bonchev–Trinajstić information content (AvgIpc) is 3.28. The van der Waals surface area contributed by atoms with Crippen LogP contribution >= 0.6 is 15.9 Å². The summed E-state index contributed by atoms with van der Waals surface area (Å²) in [5.41, 5.74) is 4.80. The Bertz CT molecular complexity index is 956. The van der Waals surface area contributed by atoms with Crippen LogP contribution in [0.3, 0.4) is 0 Å². The largest absolute Gasteiger partial charge is 0.490 e. The Hall–Kier alpha value is -3.07. The van der Waals surface area contributed by atoms with Gasteiger partial charge in [-0.25, -0.2) is 10.2 Å². The van der Waals surface area contributed by atoms with Crippen molar-refractivity contribution in [2.75, 3.05) is 31.2 Å². The molecule has 0 aromatic heterocycles. The Labute approximate surface area is 189 Å². The summed E-state index contributed by atoms with van der Waals surface area (Å²) >= 11 is 3.36. The number of hydrogen-bond acceptors (Lipinski definition) is 6. The van der Waals surface area contributed by atoms with Gasteiger partial charge < -0.3 is 19.5 Å². The summed E-state index contributed by atoms with van der Waals surface area (Å²) in [5.74, 6) is -0.724. The zero-order valence-electron chi connectivity index (χ0n) is 17.1. The molecule has 0 unspecified atom stereocenters. The van der Waals surface area contributed by atoms with E-state index in [0.717, 1.165) is 18.8 Å². The predicted molar refractivity (Wildman–Crippen MR) is 121 cm³/mol. The fourth-order valence-corrected chi connectivity index (χ4v) is 3.80. The van der Waals surface area contributed by atoms with Gasteiger partial charge in [-0.1, -0.05) is 0 Å². The molecule has 0 saturated carbocycles. The summed E-state index contributed by atoms with van der Waals surface area (Å²) in [5, 5.41) is 12.8. The van der Waals surface area contributed by atoms with Crippen LogP contribution in [0, 0.1) is 0 Å². The van der Waals surface area contributed by atoms with Crippen molar-refractivity contribution in [3.63, 3.8) is 0 Å². The second-order valence-corrected chi connectivity index (χ2v) is 7.74. The first-order valence-electron chi connectivity index (χ1n) is 9.97. The van der Waals surface area contributed by atoms with Crippen molar-refractivity contribution in [3.8, 4) is 11.5 Å². The van der Waals surface area contributed by atoms with Gasteiger partial charge in [-0.2, -0.15) is 5.10 Å². The van der Waals surface area contributed by atoms with Crippen LogP contribution in [-0.4, -0.2) is 49.5 Å². The molecule has 1 aliphatic heterocycles. The number of rotatable bonds is 9. The van der Waals surface area contributed by atoms with Crippen molar-refractivity contribution in [1.82, 2.24) is 5.43 Å². The molecule has 1 amide bonds. The van der Waals surface area contributed by atoms with Crippen molar-refractivity contribution < 1.29 is 24.2 Å². The van der Waals surface area contributed by atoms with Crippen LogP contribution in [0.2, 0.25) is 0 Å². The van der Waals surface area contributed by atoms with Gasteiger partial charge in [0.15, 0.2) is 18.1 Å². The van der Waals surface area contributed by atoms with Crippen LogP contribution in [0.1, 0.15) is 35.7 Å². The number of ether oxygens (including phenoxy) is 2. The highest BCUT2D eigenvalue weighted by atomic mass is 79.9. The van der Waals surface area contributed by atoms with E-state index in [1.807, 2.05) is 19.1 Å². The Morgan fingerprint density at radius 3 is 2.55 bits per heavy atom. The molecule has 164 valence electrons. The van der Waals surface area contributed by atoms with Crippen LogP contribution in [-0.2, 0) is 4.79 Å². The van der Waals surface area contributed by atoms with Crippen LogP contribution in [0.5, 0.6) is 11.5 Å². The molecule has 1 heterocycles. The standard InChI is InChI=1S/C22H24BrN3O5/c1-2-30-19-12-15(11-18(23)21(19)31-14-20(27)28)13-24-25-22(29)16-5-7-17(8-6-16)26-9-3-4-10-26/h5-8,11-13H,2-4,9-10,14H2,1H3,(H,25,29)(H,27,28)/b24-13-. The van der Waals surface area contributed by atoms with Crippen molar-refractivity contribution in [2.24, 2.45) is 5.10 Å². The summed E-state index contributed by atoms with van der Waals surface area (Å²) < 4.78 is 11.4. The molecular weight excluding hydrogens is 466 g/mol. The zero-order valence-corrected chi connectivity index (χ0v) is 18.7. The molecule has 2 N–H and O–H groups in total. The Balaban J connectivity index is 1.65. The molecule has 0 aliphatic carbocycles. The van der Waals surface area contributed by atoms with E-state index < -0.39 is 12.6 Å². The van der Waals surface area contributed by atoms with Gasteiger partial charge in [-0.3, -0.25) is 4.79 Å². The summed E-state index contributed by atoms with van der Waals surface area (Å²) in [7, 11) is 0. The molecule has 0 bridgehead atoms. The normalized spacial score (nSPS) is 13.4. The Morgan fingerprint density at radius 1 is 1.19 bits per heavy atom. The number of hydrogen-bond donors (Lipinski definition) is 2. The van der Waals surface area contributed by atoms with Gasteiger partial charge in [-0.15, -0.1) is 0 Å². The fraction of sp³-hybridized carbons (Fsp3) is 0.318. The molecule has 9 heteroatoms. The SMILES string of the molecule is CCOc1cc(/C=N\NC(=O)c2ccc(N3CCCC3)cc2)cc(Br)c1OCC(=O)O. The van der Waals surface area contributed by atoms with Gasteiger partial charge in [0.2, 0.25) is 0 Å². The smallest absolute Gasteiger partial charge is 0.341 e. The number of anilines is 1. The lowest BCUT2D eigenvalue weighted by Gasteiger charge is -2.17. The molecule has 2 aromatic rings. The third-order valence-electron chi connectivity index (χ3n) is 4.65. The molecule has 3 rings (SSSR count). The van der Waals surface area contributed by atoms with E-state index in [2.05, 4.69) is 31.4 Å². The van der Waals surface area contributed by atoms with E-state index in [9.17, 15) is 9.59 Å². The number of amides is 1. The first kappa shape index (κ1) is 22.6. The molecule has 1 aliphatic rings. The number of carbonyl (C=O) groups is 2. The van der Waals surface area contributed by atoms with Gasteiger partial charge in [0.1, 0.15) is 0 Å². The van der Waals surface area contributed by atoms with Crippen molar-refractivity contribution >= 4 is 39.7 Å². The van der Waals surface area contributed by atoms with Gasteiger partial charge in [-0.05, 0) is 77.7 Å².